The number of nitrogens with two attached hydrogens (primary N) is 2. The van der Waals surface area contributed by atoms with Gasteiger partial charge in [0.1, 0.15) is 11.5 Å². The first-order chi connectivity index (χ1) is 12.0. The van der Waals surface area contributed by atoms with Crippen LogP contribution in [0.25, 0.3) is 5.65 Å². The number of aliphatic hydroxyl groups excluding tert-OH is 2. The maximum Gasteiger partial charge on any atom is 0.183 e. The van der Waals surface area contributed by atoms with Crippen LogP contribution in [0.2, 0.25) is 0 Å². The summed E-state index contributed by atoms with van der Waals surface area (Å²) >= 11 is 0. The molecule has 0 fully saturated rings. The summed E-state index contributed by atoms with van der Waals surface area (Å²) in [5, 5.41) is 33.1. The van der Waals surface area contributed by atoms with Gasteiger partial charge in [-0.3, -0.25) is 5.41 Å². The van der Waals surface area contributed by atoms with Crippen LogP contribution >= 0.6 is 0 Å². The predicted molar refractivity (Wildman–Crippen MR) is 93.0 cm³/mol. The van der Waals surface area contributed by atoms with Gasteiger partial charge in [-0.25, -0.2) is 15.0 Å². The van der Waals surface area contributed by atoms with Gasteiger partial charge in [0.15, 0.2) is 17.3 Å². The Bertz CT molecular complexity index is 908. The van der Waals surface area contributed by atoms with Crippen LogP contribution in [0.4, 0.5) is 11.5 Å². The lowest BCUT2D eigenvalue weighted by atomic mass is 10.2. The zero-order valence-electron chi connectivity index (χ0n) is 13.1. The van der Waals surface area contributed by atoms with Crippen molar-refractivity contribution >= 4 is 34.5 Å². The number of aliphatic hydroxyl groups is 2. The van der Waals surface area contributed by atoms with E-state index in [9.17, 15) is 0 Å². The SMILES string of the molecule is N=C1C=C(N)/C(=N/c2cnn3c(N)ccnc23)N=C1NC(CO)CO. The molecule has 0 aromatic carbocycles. The molecule has 0 aliphatic carbocycles. The quantitative estimate of drug-likeness (QED) is 0.392. The number of aliphatic imine (C=N–C) groups is 2. The van der Waals surface area contributed by atoms with Gasteiger partial charge in [-0.05, 0) is 12.1 Å². The van der Waals surface area contributed by atoms with Crippen LogP contribution in [0.5, 0.6) is 0 Å². The standard InChI is InChI=1S/C14H17N9O2/c15-8-3-9(16)13(22-12(8)20-7(5-24)6-25)21-10-4-19-23-11(17)1-2-18-14(10)23/h1-4,7,15,24-25H,5-6,16-17H2,(H,20,21,22). The van der Waals surface area contributed by atoms with E-state index < -0.39 is 6.04 Å². The van der Waals surface area contributed by atoms with Crippen LogP contribution in [0.1, 0.15) is 0 Å². The Morgan fingerprint density at radius 1 is 1.32 bits per heavy atom. The number of aromatic nitrogens is 3. The Kier molecular flexibility index (Phi) is 4.41. The summed E-state index contributed by atoms with van der Waals surface area (Å²) in [6.45, 7) is -0.628. The molecular formula is C14H17N9O2. The summed E-state index contributed by atoms with van der Waals surface area (Å²) in [5.74, 6) is 0.710. The molecular weight excluding hydrogens is 326 g/mol. The number of hydrogen-bond donors (Lipinski definition) is 6. The molecule has 1 aliphatic heterocycles. The van der Waals surface area contributed by atoms with Gasteiger partial charge < -0.3 is 27.0 Å². The summed E-state index contributed by atoms with van der Waals surface area (Å²) in [6.07, 6.45) is 4.40. The van der Waals surface area contributed by atoms with Crippen molar-refractivity contribution < 1.29 is 10.2 Å². The number of nitrogens with zero attached hydrogens (tertiary/aromatic N) is 5. The largest absolute Gasteiger partial charge is 0.396 e. The van der Waals surface area contributed by atoms with Crippen molar-refractivity contribution in [1.82, 2.24) is 19.9 Å². The number of nitrogen functional groups attached to an aromatic ring is 1. The molecule has 25 heavy (non-hydrogen) atoms. The summed E-state index contributed by atoms with van der Waals surface area (Å²) in [4.78, 5) is 12.7. The van der Waals surface area contributed by atoms with Gasteiger partial charge in [-0.2, -0.15) is 9.61 Å². The number of anilines is 1. The molecule has 2 aromatic rings. The van der Waals surface area contributed by atoms with Crippen LogP contribution in [0.3, 0.4) is 0 Å². The van der Waals surface area contributed by atoms with Gasteiger partial charge in [0, 0.05) is 6.20 Å². The number of nitrogens with one attached hydrogen (secondary N) is 2. The third-order valence-electron chi connectivity index (χ3n) is 3.45. The second-order valence-electron chi connectivity index (χ2n) is 5.25. The molecule has 0 atom stereocenters. The van der Waals surface area contributed by atoms with E-state index in [1.807, 2.05) is 0 Å². The molecule has 3 heterocycles. The van der Waals surface area contributed by atoms with Crippen LogP contribution in [-0.4, -0.2) is 61.4 Å². The van der Waals surface area contributed by atoms with Crippen LogP contribution in [-0.2, 0) is 0 Å². The van der Waals surface area contributed by atoms with Crippen LogP contribution in [0, 0.1) is 5.41 Å². The molecule has 0 bridgehead atoms. The fraction of sp³-hybridized carbons (Fsp3) is 0.214. The Hall–Kier alpha value is -3.31. The minimum absolute atomic E-state index is 0.0191. The number of fused-ring (bicyclic) bond motifs is 1. The molecule has 0 unspecified atom stereocenters. The van der Waals surface area contributed by atoms with E-state index >= 15 is 0 Å². The summed E-state index contributed by atoms with van der Waals surface area (Å²) in [7, 11) is 0. The minimum Gasteiger partial charge on any atom is -0.396 e. The number of hydrogen-bond acceptors (Lipinski definition) is 9. The van der Waals surface area contributed by atoms with Gasteiger partial charge in [-0.15, -0.1) is 0 Å². The fourth-order valence-electron chi connectivity index (χ4n) is 2.15. The zero-order valence-corrected chi connectivity index (χ0v) is 13.1. The first kappa shape index (κ1) is 16.5. The maximum atomic E-state index is 9.16. The number of amidine groups is 2. The summed E-state index contributed by atoms with van der Waals surface area (Å²) in [5.41, 5.74) is 12.8. The first-order valence-corrected chi connectivity index (χ1v) is 7.33. The molecule has 0 spiro atoms. The van der Waals surface area contributed by atoms with Crippen molar-refractivity contribution in [2.24, 2.45) is 15.7 Å². The lowest BCUT2D eigenvalue weighted by Crippen LogP contribution is -2.45. The van der Waals surface area contributed by atoms with E-state index in [1.165, 1.54) is 23.0 Å². The molecule has 0 radical (unpaired) electrons. The van der Waals surface area contributed by atoms with E-state index in [2.05, 4.69) is 25.4 Å². The topological polar surface area (TPSA) is 183 Å². The Balaban J connectivity index is 2.00. The minimum atomic E-state index is -0.647. The molecule has 11 nitrogen and oxygen atoms in total. The molecule has 3 rings (SSSR count). The van der Waals surface area contributed by atoms with Gasteiger partial charge in [-0.1, -0.05) is 0 Å². The van der Waals surface area contributed by atoms with Crippen molar-refractivity contribution in [3.63, 3.8) is 0 Å². The Morgan fingerprint density at radius 2 is 2.08 bits per heavy atom. The maximum absolute atomic E-state index is 9.16. The average molecular weight is 343 g/mol. The molecule has 130 valence electrons. The van der Waals surface area contributed by atoms with Crippen molar-refractivity contribution in [2.45, 2.75) is 6.04 Å². The van der Waals surface area contributed by atoms with Gasteiger partial charge in [0.05, 0.1) is 36.9 Å². The number of rotatable bonds is 4. The highest BCUT2D eigenvalue weighted by Crippen LogP contribution is 2.21. The molecule has 8 N–H and O–H groups in total. The zero-order chi connectivity index (χ0) is 18.0. The van der Waals surface area contributed by atoms with Crippen molar-refractivity contribution in [1.29, 1.82) is 5.41 Å². The van der Waals surface area contributed by atoms with Crippen molar-refractivity contribution in [2.75, 3.05) is 18.9 Å². The van der Waals surface area contributed by atoms with E-state index in [1.54, 1.807) is 6.07 Å². The van der Waals surface area contributed by atoms with Gasteiger partial charge in [0.2, 0.25) is 0 Å². The summed E-state index contributed by atoms with van der Waals surface area (Å²) in [6, 6.07) is 0.962. The summed E-state index contributed by atoms with van der Waals surface area (Å²) < 4.78 is 1.43. The molecule has 1 aliphatic rings. The highest BCUT2D eigenvalue weighted by atomic mass is 16.3. The highest BCUT2D eigenvalue weighted by Gasteiger charge is 2.19. The van der Waals surface area contributed by atoms with Crippen LogP contribution in [0.15, 0.2) is 40.2 Å². The fourth-order valence-corrected chi connectivity index (χ4v) is 2.15. The Labute approximate surface area is 141 Å². The van der Waals surface area contributed by atoms with Crippen molar-refractivity contribution in [3.8, 4) is 0 Å². The lowest BCUT2D eigenvalue weighted by molar-refractivity contribution is 0.184. The van der Waals surface area contributed by atoms with E-state index in [0.717, 1.165) is 0 Å². The van der Waals surface area contributed by atoms with E-state index in [0.29, 0.717) is 17.2 Å². The monoisotopic (exact) mass is 343 g/mol. The molecule has 0 amide bonds. The lowest BCUT2D eigenvalue weighted by Gasteiger charge is -2.19. The molecule has 0 saturated carbocycles. The van der Waals surface area contributed by atoms with Crippen LogP contribution < -0.4 is 16.8 Å². The third-order valence-corrected chi connectivity index (χ3v) is 3.45. The second kappa shape index (κ2) is 6.67. The first-order valence-electron chi connectivity index (χ1n) is 7.33. The highest BCUT2D eigenvalue weighted by molar-refractivity contribution is 6.48. The third kappa shape index (κ3) is 3.18. The molecule has 0 saturated heterocycles. The second-order valence-corrected chi connectivity index (χ2v) is 5.25. The van der Waals surface area contributed by atoms with E-state index in [-0.39, 0.29) is 36.3 Å². The number of dihydropyridines is 1. The van der Waals surface area contributed by atoms with Gasteiger partial charge >= 0.3 is 0 Å². The normalized spacial score (nSPS) is 16.4. The van der Waals surface area contributed by atoms with Gasteiger partial charge in [0.25, 0.3) is 0 Å². The van der Waals surface area contributed by atoms with E-state index in [4.69, 9.17) is 27.1 Å². The predicted octanol–water partition coefficient (Wildman–Crippen LogP) is -1.44. The molecule has 2 aromatic heterocycles. The average Bonchev–Trinajstić information content (AvgIpc) is 3.01. The van der Waals surface area contributed by atoms with Crippen molar-refractivity contribution in [3.05, 3.63) is 30.2 Å². The Morgan fingerprint density at radius 3 is 2.80 bits per heavy atom. The smallest absolute Gasteiger partial charge is 0.183 e. The molecule has 11 heteroatoms.